The minimum atomic E-state index is 0.00964. The fourth-order valence-corrected chi connectivity index (χ4v) is 14.5. The first-order valence-corrected chi connectivity index (χ1v) is 38.6. The highest BCUT2D eigenvalue weighted by Crippen LogP contribution is 2.43. The van der Waals surface area contributed by atoms with Crippen molar-refractivity contribution in [2.24, 2.45) is 0 Å². The molecule has 9 aromatic carbocycles. The number of carbonyl (C=O) groups excluding carboxylic acids is 3. The summed E-state index contributed by atoms with van der Waals surface area (Å²) in [6, 6.07) is 60.0. The molecule has 0 saturated carbocycles. The van der Waals surface area contributed by atoms with Crippen LogP contribution >= 0.6 is 15.9 Å². The standard InChI is InChI=1S/C34H40N2O3.C29H29NO3.C24H22O3.C5H8BrN/c1-25(37)12-11-20-36-23-32-30-17-10-18-31(30)33(22-34(32)38-21-8-7-19-35-3)39-24-28-15-9-16-29(26(28)2)27-13-5-4-6-14-27;1-21-23(12-8-13-24(21)22-10-4-2-5-11-22)20-33-28-18-29(32-17-7-3-6-16-30)27(19-31)25-14-9-15-26(25)28;1-16-18(9-5-10-19(16)17-7-3-2-4-8-17)15-27-24-13-23(26)22(14-25)20-11-6-12-21(20)24;6-4-2-1-3-5-7/h4-6,9,13-16,22,36H,7-8,10-12,17-21,23-24H2,1-2H3;2,4-5,8,10-13,18-19H,3,6-7,9,14-15,17,20H2,1H3;2-5,7-10,13-14,26H,6,11-12,15H2,1H3;1-4H2. The van der Waals surface area contributed by atoms with E-state index in [1.807, 2.05) is 42.5 Å². The SMILES string of the molecule is Cc1c(COc2cc(O)c(C=O)c3c2CCC3)cccc1-c1ccccc1.Cc1c(COc2cc(OCCCCC#N)c(C=O)c3c2CCC3)cccc1-c1ccccc1.N#CCCCCBr.[C-]#[N+]CCCCOc1cc(OCc2cccc(-c3ccccc3)c2C)c2c(c1CNCCCC(C)=O)CCC2. The second kappa shape index (κ2) is 42.6. The molecule has 9 aromatic rings. The monoisotopic (exact) mass is 1480 g/mol. The second-order valence-electron chi connectivity index (χ2n) is 27.0. The van der Waals surface area contributed by atoms with Gasteiger partial charge in [0.1, 0.15) is 60.1 Å². The molecule has 0 saturated heterocycles. The molecule has 0 atom stereocenters. The minimum absolute atomic E-state index is 0.00964. The minimum Gasteiger partial charge on any atom is -0.507 e. The Morgan fingerprint density at radius 3 is 1.37 bits per heavy atom. The Bertz CT molecular complexity index is 4520. The van der Waals surface area contributed by atoms with Gasteiger partial charge >= 0.3 is 0 Å². The van der Waals surface area contributed by atoms with Crippen molar-refractivity contribution >= 4 is 34.3 Å². The van der Waals surface area contributed by atoms with Crippen molar-refractivity contribution in [1.82, 2.24) is 5.32 Å². The predicted molar refractivity (Wildman–Crippen MR) is 427 cm³/mol. The molecule has 106 heavy (non-hydrogen) atoms. The first-order chi connectivity index (χ1) is 51.9. The number of halogens is 1. The van der Waals surface area contributed by atoms with Gasteiger partial charge in [-0.2, -0.15) is 10.5 Å². The number of nitrogens with zero attached hydrogens (tertiary/aromatic N) is 3. The fraction of sp³-hybridized carbons (Fsp3) is 0.348. The third-order valence-corrected chi connectivity index (χ3v) is 20.4. The van der Waals surface area contributed by atoms with Gasteiger partial charge in [0, 0.05) is 61.3 Å². The first kappa shape index (κ1) is 79.8. The van der Waals surface area contributed by atoms with E-state index in [0.717, 1.165) is 184 Å². The van der Waals surface area contributed by atoms with E-state index in [1.165, 1.54) is 72.3 Å². The van der Waals surface area contributed by atoms with E-state index in [1.54, 1.807) is 13.0 Å². The van der Waals surface area contributed by atoms with E-state index in [9.17, 15) is 19.5 Å². The molecule has 14 heteroatoms. The molecule has 3 aliphatic rings. The second-order valence-corrected chi connectivity index (χ2v) is 27.8. The highest BCUT2D eigenvalue weighted by molar-refractivity contribution is 9.09. The number of hydrogen-bond acceptors (Lipinski definition) is 12. The largest absolute Gasteiger partial charge is 0.507 e. The van der Waals surface area contributed by atoms with Gasteiger partial charge in [0.15, 0.2) is 12.6 Å². The maximum Gasteiger partial charge on any atom is 0.214 e. The third-order valence-electron chi connectivity index (χ3n) is 19.9. The number of aromatic hydroxyl groups is 1. The van der Waals surface area contributed by atoms with Crippen LogP contribution in [-0.4, -0.2) is 55.1 Å². The maximum atomic E-state index is 11.9. The Morgan fingerprint density at radius 1 is 0.500 bits per heavy atom. The predicted octanol–water partition coefficient (Wildman–Crippen LogP) is 21.2. The zero-order valence-corrected chi connectivity index (χ0v) is 63.6. The van der Waals surface area contributed by atoms with Crippen LogP contribution in [0.4, 0.5) is 0 Å². The van der Waals surface area contributed by atoms with Crippen LogP contribution in [0.15, 0.2) is 164 Å². The number of aldehydes is 2. The third kappa shape index (κ3) is 22.1. The number of hydrogen-bond donors (Lipinski definition) is 2. The van der Waals surface area contributed by atoms with Crippen molar-refractivity contribution in [3.63, 3.8) is 0 Å². The number of benzene rings is 9. The van der Waals surface area contributed by atoms with Gasteiger partial charge in [-0.15, -0.1) is 0 Å². The summed E-state index contributed by atoms with van der Waals surface area (Å²) < 4.78 is 31.3. The van der Waals surface area contributed by atoms with Crippen LogP contribution in [0.3, 0.4) is 0 Å². The van der Waals surface area contributed by atoms with Gasteiger partial charge in [-0.25, -0.2) is 6.57 Å². The van der Waals surface area contributed by atoms with Gasteiger partial charge < -0.3 is 43.7 Å². The van der Waals surface area contributed by atoms with Crippen LogP contribution in [0, 0.1) is 50.0 Å². The van der Waals surface area contributed by atoms with Crippen molar-refractivity contribution in [2.45, 2.75) is 176 Å². The molecule has 0 heterocycles. The molecule has 0 radical (unpaired) electrons. The van der Waals surface area contributed by atoms with Crippen molar-refractivity contribution in [3.8, 4) is 80.0 Å². The summed E-state index contributed by atoms with van der Waals surface area (Å²) in [6.45, 7) is 19.6. The van der Waals surface area contributed by atoms with Gasteiger partial charge in [0.05, 0.1) is 36.5 Å². The molecule has 548 valence electrons. The normalized spacial score (nSPS) is 12.0. The van der Waals surface area contributed by atoms with E-state index in [2.05, 4.69) is 174 Å². The summed E-state index contributed by atoms with van der Waals surface area (Å²) >= 11 is 3.27. The number of Topliss-reactive ketones (excluding diaryl/α,β-unsaturated/α-hetero) is 1. The van der Waals surface area contributed by atoms with Crippen LogP contribution in [0.5, 0.6) is 34.5 Å². The summed E-state index contributed by atoms with van der Waals surface area (Å²) in [5.74, 6) is 4.13. The topological polar surface area (TPSA) is 182 Å². The molecule has 0 amide bonds. The van der Waals surface area contributed by atoms with Crippen molar-refractivity contribution < 1.29 is 43.2 Å². The summed E-state index contributed by atoms with van der Waals surface area (Å²) in [5, 5.41) is 31.5. The van der Waals surface area contributed by atoms with Crippen LogP contribution in [0.2, 0.25) is 0 Å². The Balaban J connectivity index is 0.000000178. The Labute approximate surface area is 635 Å². The number of carbonyl (C=O) groups is 3. The molecule has 0 spiro atoms. The fourth-order valence-electron chi connectivity index (χ4n) is 14.1. The summed E-state index contributed by atoms with van der Waals surface area (Å²) in [6.07, 6.45) is 18.4. The molecule has 0 bridgehead atoms. The lowest BCUT2D eigenvalue weighted by Crippen LogP contribution is -2.18. The number of unbranched alkanes of at least 4 members (excludes halogenated alkanes) is 5. The smallest absolute Gasteiger partial charge is 0.214 e. The average molecular weight is 1480 g/mol. The molecule has 0 aromatic heterocycles. The molecule has 2 N–H and O–H groups in total. The number of nitriles is 2. The lowest BCUT2D eigenvalue weighted by molar-refractivity contribution is -0.117. The van der Waals surface area contributed by atoms with E-state index in [4.69, 9.17) is 40.8 Å². The van der Waals surface area contributed by atoms with Crippen molar-refractivity contribution in [1.29, 1.82) is 10.5 Å². The number of phenolic OH excluding ortho intramolecular Hbond substituents is 1. The number of ether oxygens (including phenoxy) is 5. The molecular weight excluding hydrogens is 1380 g/mol. The molecule has 0 aliphatic heterocycles. The van der Waals surface area contributed by atoms with Gasteiger partial charge in [-0.05, 0) is 231 Å². The van der Waals surface area contributed by atoms with E-state index in [0.29, 0.717) is 81.5 Å². The Kier molecular flexibility index (Phi) is 32.1. The maximum absolute atomic E-state index is 11.9. The van der Waals surface area contributed by atoms with Crippen LogP contribution < -0.4 is 29.0 Å². The molecule has 0 fully saturated rings. The Morgan fingerprint density at radius 2 is 0.915 bits per heavy atom. The lowest BCUT2D eigenvalue weighted by Gasteiger charge is -2.20. The quantitative estimate of drug-likeness (QED) is 0.0172. The van der Waals surface area contributed by atoms with Crippen LogP contribution in [-0.2, 0) is 69.7 Å². The van der Waals surface area contributed by atoms with E-state index in [-0.39, 0.29) is 11.5 Å². The molecule has 0 unspecified atom stereocenters. The van der Waals surface area contributed by atoms with Gasteiger partial charge in [0.2, 0.25) is 6.54 Å². The Hall–Kier alpha value is -10.3. The number of alkyl halides is 1. The van der Waals surface area contributed by atoms with E-state index < -0.39 is 0 Å². The van der Waals surface area contributed by atoms with Gasteiger partial charge in [0.25, 0.3) is 0 Å². The summed E-state index contributed by atoms with van der Waals surface area (Å²) in [5.41, 5.74) is 23.4. The summed E-state index contributed by atoms with van der Waals surface area (Å²) in [7, 11) is 0. The van der Waals surface area contributed by atoms with Gasteiger partial charge in [-0.3, -0.25) is 9.59 Å². The first-order valence-electron chi connectivity index (χ1n) is 37.4. The zero-order valence-electron chi connectivity index (χ0n) is 62.0. The average Bonchev–Trinajstić information content (AvgIpc) is 1.58. The molecule has 12 rings (SSSR count). The number of ketones is 1. The highest BCUT2D eigenvalue weighted by atomic mass is 79.9. The number of rotatable bonds is 33. The van der Waals surface area contributed by atoms with Crippen molar-refractivity contribution in [2.75, 3.05) is 31.6 Å². The van der Waals surface area contributed by atoms with Crippen molar-refractivity contribution in [3.05, 3.63) is 259 Å². The number of fused-ring (bicyclic) bond motifs is 3. The molecular formula is C92H99BrN4O9. The van der Waals surface area contributed by atoms with Gasteiger partial charge in [-0.1, -0.05) is 162 Å². The summed E-state index contributed by atoms with van der Waals surface area (Å²) in [4.78, 5) is 37.9. The van der Waals surface area contributed by atoms with Crippen LogP contribution in [0.25, 0.3) is 38.2 Å². The number of phenols is 1. The van der Waals surface area contributed by atoms with Crippen LogP contribution in [0.1, 0.15) is 183 Å². The number of nitrogens with one attached hydrogen (secondary N) is 1. The lowest BCUT2D eigenvalue weighted by atomic mass is 9.97. The highest BCUT2D eigenvalue weighted by Gasteiger charge is 2.27. The van der Waals surface area contributed by atoms with E-state index >= 15 is 0 Å². The molecule has 13 nitrogen and oxygen atoms in total. The zero-order chi connectivity index (χ0) is 74.8. The molecule has 3 aliphatic carbocycles.